The lowest BCUT2D eigenvalue weighted by Crippen LogP contribution is -2.38. The predicted molar refractivity (Wildman–Crippen MR) is 95.8 cm³/mol. The fourth-order valence-electron chi connectivity index (χ4n) is 2.93. The quantitative estimate of drug-likeness (QED) is 0.541. The molecule has 144 valence electrons. The van der Waals surface area contributed by atoms with Crippen molar-refractivity contribution >= 4 is 29.7 Å². The minimum Gasteiger partial charge on any atom is -0.466 e. The molecule has 1 fully saturated rings. The van der Waals surface area contributed by atoms with E-state index in [1.807, 2.05) is 4.57 Å². The van der Waals surface area contributed by atoms with Crippen LogP contribution in [0.2, 0.25) is 0 Å². The van der Waals surface area contributed by atoms with Gasteiger partial charge in [0.1, 0.15) is 12.2 Å². The Kier molecular flexibility index (Phi) is 7.89. The second kappa shape index (κ2) is 10.1. The normalized spacial score (nSPS) is 14.7. The van der Waals surface area contributed by atoms with Gasteiger partial charge in [-0.15, -0.1) is 10.2 Å². The summed E-state index contributed by atoms with van der Waals surface area (Å²) in [4.78, 5) is 34.9. The van der Waals surface area contributed by atoms with Crippen molar-refractivity contribution in [2.45, 2.75) is 56.6 Å². The summed E-state index contributed by atoms with van der Waals surface area (Å²) in [5.74, 6) is -0.160. The Labute approximate surface area is 156 Å². The fraction of sp³-hybridized carbons (Fsp3) is 0.688. The number of ether oxygens (including phenoxy) is 1. The standard InChI is InChI=1S/C16H25N5O4S/c1-3-25-14(23)9-12-19-20-16(21(12)11-7-5-4-6-8-11)26-10-13(22)18-15(24)17-2/h11H,3-10H2,1-2H3,(H2,17,18,22,24). The first kappa shape index (κ1) is 20.2. The number of nitrogens with zero attached hydrogens (tertiary/aromatic N) is 3. The zero-order valence-electron chi connectivity index (χ0n) is 15.1. The van der Waals surface area contributed by atoms with E-state index in [9.17, 15) is 14.4 Å². The molecule has 1 aromatic rings. The molecule has 3 amide bonds. The van der Waals surface area contributed by atoms with Crippen molar-refractivity contribution in [1.29, 1.82) is 0 Å². The molecule has 10 heteroatoms. The zero-order chi connectivity index (χ0) is 18.9. The molecule has 1 aromatic heterocycles. The molecule has 1 heterocycles. The molecule has 0 aliphatic heterocycles. The minimum absolute atomic E-state index is 0.0394. The molecule has 0 aromatic carbocycles. The van der Waals surface area contributed by atoms with E-state index in [0.717, 1.165) is 25.7 Å². The highest BCUT2D eigenvalue weighted by Gasteiger charge is 2.25. The molecule has 2 rings (SSSR count). The third-order valence-electron chi connectivity index (χ3n) is 4.10. The first-order chi connectivity index (χ1) is 12.5. The summed E-state index contributed by atoms with van der Waals surface area (Å²) in [6.45, 7) is 2.08. The molecule has 26 heavy (non-hydrogen) atoms. The smallest absolute Gasteiger partial charge is 0.321 e. The molecule has 1 aliphatic carbocycles. The third kappa shape index (κ3) is 5.72. The Morgan fingerprint density at radius 2 is 1.96 bits per heavy atom. The monoisotopic (exact) mass is 383 g/mol. The van der Waals surface area contributed by atoms with Gasteiger partial charge in [-0.05, 0) is 19.8 Å². The van der Waals surface area contributed by atoms with Crippen LogP contribution in [0, 0.1) is 0 Å². The number of imide groups is 1. The Bertz CT molecular complexity index is 643. The van der Waals surface area contributed by atoms with Crippen LogP contribution in [0.5, 0.6) is 0 Å². The molecule has 1 aliphatic rings. The number of hydrogen-bond acceptors (Lipinski definition) is 7. The van der Waals surface area contributed by atoms with E-state index in [1.165, 1.54) is 25.2 Å². The highest BCUT2D eigenvalue weighted by atomic mass is 32.2. The molecule has 0 saturated heterocycles. The molecule has 2 N–H and O–H groups in total. The Morgan fingerprint density at radius 3 is 2.62 bits per heavy atom. The second-order valence-corrected chi connectivity index (χ2v) is 6.90. The van der Waals surface area contributed by atoms with E-state index in [-0.39, 0.29) is 24.2 Å². The fourth-order valence-corrected chi connectivity index (χ4v) is 3.75. The molecule has 1 saturated carbocycles. The molecular weight excluding hydrogens is 358 g/mol. The van der Waals surface area contributed by atoms with Crippen molar-refractivity contribution in [3.05, 3.63) is 5.82 Å². The summed E-state index contributed by atoms with van der Waals surface area (Å²) in [6.07, 6.45) is 5.47. The Morgan fingerprint density at radius 1 is 1.23 bits per heavy atom. The van der Waals surface area contributed by atoms with Crippen LogP contribution >= 0.6 is 11.8 Å². The number of nitrogens with one attached hydrogen (secondary N) is 2. The maximum atomic E-state index is 11.9. The van der Waals surface area contributed by atoms with Gasteiger partial charge in [0.15, 0.2) is 5.16 Å². The van der Waals surface area contributed by atoms with Crippen LogP contribution in [0.25, 0.3) is 0 Å². The summed E-state index contributed by atoms with van der Waals surface area (Å²) in [6, 6.07) is -0.333. The van der Waals surface area contributed by atoms with Gasteiger partial charge >= 0.3 is 12.0 Å². The first-order valence-electron chi connectivity index (χ1n) is 8.78. The predicted octanol–water partition coefficient (Wildman–Crippen LogP) is 1.44. The van der Waals surface area contributed by atoms with Crippen molar-refractivity contribution in [1.82, 2.24) is 25.4 Å². The number of rotatable bonds is 7. The van der Waals surface area contributed by atoms with Gasteiger partial charge in [-0.2, -0.15) is 0 Å². The van der Waals surface area contributed by atoms with Gasteiger partial charge in [-0.3, -0.25) is 14.9 Å². The van der Waals surface area contributed by atoms with E-state index in [1.54, 1.807) is 6.92 Å². The number of amides is 3. The van der Waals surface area contributed by atoms with E-state index in [0.29, 0.717) is 17.6 Å². The summed E-state index contributed by atoms with van der Waals surface area (Å²) in [5.41, 5.74) is 0. The number of carbonyl (C=O) groups is 3. The number of esters is 1. The Balaban J connectivity index is 2.11. The summed E-state index contributed by atoms with van der Waals surface area (Å²) >= 11 is 1.21. The van der Waals surface area contributed by atoms with E-state index < -0.39 is 11.9 Å². The van der Waals surface area contributed by atoms with Gasteiger partial charge in [-0.1, -0.05) is 31.0 Å². The number of urea groups is 1. The summed E-state index contributed by atoms with van der Waals surface area (Å²) in [5, 5.41) is 13.4. The molecule has 0 atom stereocenters. The van der Waals surface area contributed by atoms with Gasteiger partial charge < -0.3 is 14.6 Å². The SMILES string of the molecule is CCOC(=O)Cc1nnc(SCC(=O)NC(=O)NC)n1C1CCCCC1. The maximum Gasteiger partial charge on any atom is 0.321 e. The number of thioether (sulfide) groups is 1. The lowest BCUT2D eigenvalue weighted by Gasteiger charge is -2.25. The van der Waals surface area contributed by atoms with Crippen LogP contribution < -0.4 is 10.6 Å². The average molecular weight is 383 g/mol. The largest absolute Gasteiger partial charge is 0.466 e. The topological polar surface area (TPSA) is 115 Å². The number of aromatic nitrogens is 3. The highest BCUT2D eigenvalue weighted by molar-refractivity contribution is 7.99. The molecule has 9 nitrogen and oxygen atoms in total. The maximum absolute atomic E-state index is 11.9. The summed E-state index contributed by atoms with van der Waals surface area (Å²) < 4.78 is 6.98. The van der Waals surface area contributed by atoms with Gasteiger partial charge in [0, 0.05) is 13.1 Å². The van der Waals surface area contributed by atoms with Crippen LogP contribution in [-0.4, -0.2) is 52.1 Å². The lowest BCUT2D eigenvalue weighted by molar-refractivity contribution is -0.142. The minimum atomic E-state index is -0.549. The van der Waals surface area contributed by atoms with E-state index >= 15 is 0 Å². The number of hydrogen-bond donors (Lipinski definition) is 2. The van der Waals surface area contributed by atoms with Crippen molar-refractivity contribution in [3.8, 4) is 0 Å². The Hall–Kier alpha value is -2.10. The lowest BCUT2D eigenvalue weighted by atomic mass is 9.95. The molecule has 0 radical (unpaired) electrons. The van der Waals surface area contributed by atoms with Crippen LogP contribution in [-0.2, 0) is 20.7 Å². The van der Waals surface area contributed by atoms with Crippen molar-refractivity contribution in [2.75, 3.05) is 19.4 Å². The number of carbonyl (C=O) groups excluding carboxylic acids is 3. The summed E-state index contributed by atoms with van der Waals surface area (Å²) in [7, 11) is 1.44. The van der Waals surface area contributed by atoms with Crippen molar-refractivity contribution < 1.29 is 19.1 Å². The van der Waals surface area contributed by atoms with Gasteiger partial charge in [0.25, 0.3) is 0 Å². The molecular formula is C16H25N5O4S. The zero-order valence-corrected chi connectivity index (χ0v) is 15.9. The molecule has 0 spiro atoms. The molecule has 0 unspecified atom stereocenters. The van der Waals surface area contributed by atoms with E-state index in [4.69, 9.17) is 4.74 Å². The van der Waals surface area contributed by atoms with Crippen LogP contribution in [0.15, 0.2) is 5.16 Å². The van der Waals surface area contributed by atoms with Gasteiger partial charge in [0.05, 0.1) is 12.4 Å². The highest BCUT2D eigenvalue weighted by Crippen LogP contribution is 2.32. The van der Waals surface area contributed by atoms with Gasteiger partial charge in [0.2, 0.25) is 5.91 Å². The van der Waals surface area contributed by atoms with Gasteiger partial charge in [-0.25, -0.2) is 4.79 Å². The van der Waals surface area contributed by atoms with E-state index in [2.05, 4.69) is 20.8 Å². The van der Waals surface area contributed by atoms with Crippen molar-refractivity contribution in [3.63, 3.8) is 0 Å². The second-order valence-electron chi connectivity index (χ2n) is 5.96. The van der Waals surface area contributed by atoms with Crippen LogP contribution in [0.1, 0.15) is 50.9 Å². The average Bonchev–Trinajstić information content (AvgIpc) is 3.03. The van der Waals surface area contributed by atoms with Crippen molar-refractivity contribution in [2.24, 2.45) is 0 Å². The third-order valence-corrected chi connectivity index (χ3v) is 5.04. The molecule has 0 bridgehead atoms. The van der Waals surface area contributed by atoms with Crippen LogP contribution in [0.3, 0.4) is 0 Å². The first-order valence-corrected chi connectivity index (χ1v) is 9.77. The van der Waals surface area contributed by atoms with Crippen LogP contribution in [0.4, 0.5) is 4.79 Å².